The average Bonchev–Trinajstić information content (AvgIpc) is 2.39. The molecule has 19 heavy (non-hydrogen) atoms. The quantitative estimate of drug-likeness (QED) is 0.509. The maximum atomic E-state index is 9.82. The molecule has 112 valence electrons. The number of hydrogen-bond donors (Lipinski definition) is 4. The predicted octanol–water partition coefficient (Wildman–Crippen LogP) is -1.28. The van der Waals surface area contributed by atoms with Crippen LogP contribution in [-0.4, -0.2) is 70.1 Å². The molecule has 0 saturated carbocycles. The first-order valence-electron chi connectivity index (χ1n) is 6.64. The Morgan fingerprint density at radius 2 is 1.79 bits per heavy atom. The molecule has 0 aliphatic carbocycles. The number of aliphatic hydroxyl groups excluding tert-OH is 4. The molecule has 7 heteroatoms. The van der Waals surface area contributed by atoms with E-state index in [1.165, 1.54) is 0 Å². The summed E-state index contributed by atoms with van der Waals surface area (Å²) in [4.78, 5) is 0. The predicted molar refractivity (Wildman–Crippen MR) is 63.0 cm³/mol. The van der Waals surface area contributed by atoms with Crippen molar-refractivity contribution in [2.45, 2.75) is 69.3 Å². The zero-order valence-corrected chi connectivity index (χ0v) is 10.9. The van der Waals surface area contributed by atoms with Crippen molar-refractivity contribution in [1.82, 2.24) is 0 Å². The Balaban J connectivity index is 1.94. The van der Waals surface area contributed by atoms with Crippen molar-refractivity contribution in [2.75, 3.05) is 6.61 Å². The van der Waals surface area contributed by atoms with Crippen LogP contribution in [0.1, 0.15) is 26.2 Å². The van der Waals surface area contributed by atoms with Crippen molar-refractivity contribution < 1.29 is 34.6 Å². The minimum Gasteiger partial charge on any atom is -0.394 e. The standard InChI is InChI=1S/C12H22O7/c1-6-3-2-4-8(17-6)19-12-11(16)10(15)9(14)7(5-13)18-12/h6-16H,2-5H2,1H3. The van der Waals surface area contributed by atoms with E-state index in [-0.39, 0.29) is 6.10 Å². The molecule has 0 aromatic carbocycles. The lowest BCUT2D eigenvalue weighted by Crippen LogP contribution is -2.60. The number of ether oxygens (including phenoxy) is 3. The zero-order chi connectivity index (χ0) is 14.0. The second kappa shape index (κ2) is 6.45. The van der Waals surface area contributed by atoms with Crippen LogP contribution in [-0.2, 0) is 14.2 Å². The molecule has 2 aliphatic heterocycles. The molecule has 2 fully saturated rings. The Bertz CT molecular complexity index is 285. The molecule has 7 atom stereocenters. The molecule has 2 rings (SSSR count). The van der Waals surface area contributed by atoms with Crippen molar-refractivity contribution in [2.24, 2.45) is 0 Å². The summed E-state index contributed by atoms with van der Waals surface area (Å²) >= 11 is 0. The third kappa shape index (κ3) is 3.43. The highest BCUT2D eigenvalue weighted by Crippen LogP contribution is 2.26. The number of aliphatic hydroxyl groups is 4. The van der Waals surface area contributed by atoms with Gasteiger partial charge in [0.05, 0.1) is 12.7 Å². The van der Waals surface area contributed by atoms with Gasteiger partial charge in [-0.1, -0.05) is 0 Å². The van der Waals surface area contributed by atoms with Gasteiger partial charge in [0.1, 0.15) is 24.4 Å². The summed E-state index contributed by atoms with van der Waals surface area (Å²) < 4.78 is 16.3. The molecule has 0 bridgehead atoms. The summed E-state index contributed by atoms with van der Waals surface area (Å²) in [5.74, 6) is 0. The molecule has 2 heterocycles. The van der Waals surface area contributed by atoms with Crippen LogP contribution in [0.15, 0.2) is 0 Å². The lowest BCUT2D eigenvalue weighted by molar-refractivity contribution is -0.345. The first-order chi connectivity index (χ1) is 9.02. The molecule has 0 aromatic rings. The van der Waals surface area contributed by atoms with E-state index >= 15 is 0 Å². The Hall–Kier alpha value is -0.280. The minimum atomic E-state index is -1.42. The van der Waals surface area contributed by atoms with E-state index in [0.717, 1.165) is 12.8 Å². The van der Waals surface area contributed by atoms with Crippen LogP contribution in [0.3, 0.4) is 0 Å². The summed E-state index contributed by atoms with van der Waals surface area (Å²) in [6.07, 6.45) is -4.09. The average molecular weight is 278 g/mol. The van der Waals surface area contributed by atoms with E-state index in [4.69, 9.17) is 19.3 Å². The topological polar surface area (TPSA) is 109 Å². The molecular weight excluding hydrogens is 256 g/mol. The Kier molecular flexibility index (Phi) is 5.13. The minimum absolute atomic E-state index is 0.0728. The fourth-order valence-corrected chi connectivity index (χ4v) is 2.40. The van der Waals surface area contributed by atoms with E-state index in [2.05, 4.69) is 0 Å². The second-order valence-electron chi connectivity index (χ2n) is 5.14. The Labute approximate surface area is 111 Å². The zero-order valence-electron chi connectivity index (χ0n) is 10.9. The van der Waals surface area contributed by atoms with Gasteiger partial charge in [-0.15, -0.1) is 0 Å². The largest absolute Gasteiger partial charge is 0.394 e. The lowest BCUT2D eigenvalue weighted by Gasteiger charge is -2.41. The Morgan fingerprint density at radius 1 is 1.05 bits per heavy atom. The Morgan fingerprint density at radius 3 is 2.42 bits per heavy atom. The third-order valence-electron chi connectivity index (χ3n) is 3.57. The summed E-state index contributed by atoms with van der Waals surface area (Å²) in [7, 11) is 0. The van der Waals surface area contributed by atoms with Crippen LogP contribution in [0, 0.1) is 0 Å². The highest BCUT2D eigenvalue weighted by Gasteiger charge is 2.45. The summed E-state index contributed by atoms with van der Waals surface area (Å²) in [5.41, 5.74) is 0. The van der Waals surface area contributed by atoms with Gasteiger partial charge < -0.3 is 34.6 Å². The van der Waals surface area contributed by atoms with Gasteiger partial charge >= 0.3 is 0 Å². The van der Waals surface area contributed by atoms with Crippen LogP contribution in [0.2, 0.25) is 0 Å². The van der Waals surface area contributed by atoms with Crippen molar-refractivity contribution in [3.8, 4) is 0 Å². The van der Waals surface area contributed by atoms with Gasteiger partial charge in [-0.25, -0.2) is 0 Å². The second-order valence-corrected chi connectivity index (χ2v) is 5.14. The van der Waals surface area contributed by atoms with Crippen LogP contribution in [0.25, 0.3) is 0 Å². The molecule has 0 radical (unpaired) electrons. The van der Waals surface area contributed by atoms with Crippen molar-refractivity contribution >= 4 is 0 Å². The molecule has 2 saturated heterocycles. The number of hydrogen-bond acceptors (Lipinski definition) is 7. The molecule has 2 aliphatic rings. The van der Waals surface area contributed by atoms with Gasteiger partial charge in [-0.2, -0.15) is 0 Å². The van der Waals surface area contributed by atoms with Crippen LogP contribution in [0.4, 0.5) is 0 Å². The molecule has 4 N–H and O–H groups in total. The van der Waals surface area contributed by atoms with E-state index in [9.17, 15) is 15.3 Å². The highest BCUT2D eigenvalue weighted by molar-refractivity contribution is 4.89. The smallest absolute Gasteiger partial charge is 0.189 e. The third-order valence-corrected chi connectivity index (χ3v) is 3.57. The van der Waals surface area contributed by atoms with E-state index in [1.807, 2.05) is 6.92 Å². The number of rotatable bonds is 3. The molecule has 0 amide bonds. The van der Waals surface area contributed by atoms with Gasteiger partial charge in [-0.3, -0.25) is 0 Å². The SMILES string of the molecule is CC1CCCC(OC2OC(CO)C(O)C(O)C2O)O1. The lowest BCUT2D eigenvalue weighted by atomic mass is 9.99. The van der Waals surface area contributed by atoms with Gasteiger partial charge in [0.2, 0.25) is 0 Å². The van der Waals surface area contributed by atoms with Gasteiger partial charge in [0.25, 0.3) is 0 Å². The normalized spacial score (nSPS) is 48.2. The van der Waals surface area contributed by atoms with Crippen molar-refractivity contribution in [3.05, 3.63) is 0 Å². The first kappa shape index (κ1) is 15.1. The molecule has 7 unspecified atom stereocenters. The van der Waals surface area contributed by atoms with Crippen LogP contribution in [0.5, 0.6) is 0 Å². The maximum absolute atomic E-state index is 9.82. The van der Waals surface area contributed by atoms with E-state index < -0.39 is 43.6 Å². The summed E-state index contributed by atoms with van der Waals surface area (Å²) in [6, 6.07) is 0. The van der Waals surface area contributed by atoms with Gasteiger partial charge in [0.15, 0.2) is 12.6 Å². The molecule has 0 aromatic heterocycles. The van der Waals surface area contributed by atoms with Gasteiger partial charge in [-0.05, 0) is 26.2 Å². The fourth-order valence-electron chi connectivity index (χ4n) is 2.40. The first-order valence-corrected chi connectivity index (χ1v) is 6.64. The van der Waals surface area contributed by atoms with Crippen molar-refractivity contribution in [1.29, 1.82) is 0 Å². The van der Waals surface area contributed by atoms with E-state index in [1.54, 1.807) is 0 Å². The molecular formula is C12H22O7. The maximum Gasteiger partial charge on any atom is 0.189 e. The van der Waals surface area contributed by atoms with Crippen molar-refractivity contribution in [3.63, 3.8) is 0 Å². The summed E-state index contributed by atoms with van der Waals surface area (Å²) in [6.45, 7) is 1.47. The van der Waals surface area contributed by atoms with Gasteiger partial charge in [0, 0.05) is 0 Å². The fraction of sp³-hybridized carbons (Fsp3) is 1.00. The highest BCUT2D eigenvalue weighted by atomic mass is 16.8. The van der Waals surface area contributed by atoms with E-state index in [0.29, 0.717) is 6.42 Å². The van der Waals surface area contributed by atoms with Crippen LogP contribution < -0.4 is 0 Å². The van der Waals surface area contributed by atoms with Crippen LogP contribution >= 0.6 is 0 Å². The monoisotopic (exact) mass is 278 g/mol. The molecule has 0 spiro atoms. The summed E-state index contributed by atoms with van der Waals surface area (Å²) in [5, 5.41) is 38.2. The molecule has 7 nitrogen and oxygen atoms in total.